The van der Waals surface area contributed by atoms with Crippen molar-refractivity contribution in [3.05, 3.63) is 42.5 Å². The molecule has 1 aliphatic heterocycles. The van der Waals surface area contributed by atoms with Crippen LogP contribution in [0.5, 0.6) is 0 Å². The van der Waals surface area contributed by atoms with E-state index in [1.54, 1.807) is 11.2 Å². The van der Waals surface area contributed by atoms with Crippen LogP contribution in [0.2, 0.25) is 0 Å². The lowest BCUT2D eigenvalue weighted by Crippen LogP contribution is -2.35. The van der Waals surface area contributed by atoms with Crippen LogP contribution in [0.15, 0.2) is 42.5 Å². The van der Waals surface area contributed by atoms with Crippen molar-refractivity contribution in [3.63, 3.8) is 0 Å². The summed E-state index contributed by atoms with van der Waals surface area (Å²) in [5, 5.41) is 7.18. The van der Waals surface area contributed by atoms with Crippen LogP contribution in [0, 0.1) is 0 Å². The molecule has 0 aliphatic carbocycles. The van der Waals surface area contributed by atoms with Gasteiger partial charge >= 0.3 is 0 Å². The maximum absolute atomic E-state index is 12.6. The van der Waals surface area contributed by atoms with Gasteiger partial charge in [0.2, 0.25) is 0 Å². The summed E-state index contributed by atoms with van der Waals surface area (Å²) in [6, 6.07) is 5.95. The molecule has 3 aromatic heterocycles. The first kappa shape index (κ1) is 14.0. The molecule has 7 heteroatoms. The van der Waals surface area contributed by atoms with Crippen LogP contribution in [0.1, 0.15) is 0 Å². The highest BCUT2D eigenvalue weighted by Crippen LogP contribution is 2.27. The van der Waals surface area contributed by atoms with E-state index in [1.807, 2.05) is 37.5 Å². The Labute approximate surface area is 132 Å². The van der Waals surface area contributed by atoms with E-state index in [0.717, 1.165) is 33.6 Å². The van der Waals surface area contributed by atoms with Gasteiger partial charge in [-0.1, -0.05) is 0 Å². The highest BCUT2D eigenvalue weighted by Gasteiger charge is 2.16. The molecule has 4 heterocycles. The van der Waals surface area contributed by atoms with Gasteiger partial charge in [-0.25, -0.2) is 14.8 Å². The maximum Gasteiger partial charge on any atom is 0.143 e. The molecule has 0 radical (unpaired) electrons. The monoisotopic (exact) mass is 312 g/mol. The number of halogens is 1. The van der Waals surface area contributed by atoms with Crippen molar-refractivity contribution in [1.82, 2.24) is 25.0 Å². The predicted molar refractivity (Wildman–Crippen MR) is 88.4 cm³/mol. The summed E-state index contributed by atoms with van der Waals surface area (Å²) in [5.74, 6) is 1.56. The van der Waals surface area contributed by atoms with E-state index in [2.05, 4.69) is 20.3 Å². The van der Waals surface area contributed by atoms with Crippen molar-refractivity contribution in [2.24, 2.45) is 7.05 Å². The number of pyridine rings is 2. The highest BCUT2D eigenvalue weighted by molar-refractivity contribution is 6.06. The number of hydrogen-bond acceptors (Lipinski definition) is 5. The number of hydrazine groups is 1. The number of aromatic nitrogens is 3. The Morgan fingerprint density at radius 3 is 3.09 bits per heavy atom. The molecule has 0 saturated heterocycles. The SMILES string of the molecule is Cn1c2ccncc2c2ccc(NC3=CCNN3CCF)nc21. The Morgan fingerprint density at radius 1 is 1.30 bits per heavy atom. The van der Waals surface area contributed by atoms with Crippen LogP contribution >= 0.6 is 0 Å². The first-order valence-electron chi connectivity index (χ1n) is 7.51. The van der Waals surface area contributed by atoms with Gasteiger partial charge in [-0.15, -0.1) is 0 Å². The molecular formula is C16H17FN6. The van der Waals surface area contributed by atoms with Crippen molar-refractivity contribution in [2.75, 3.05) is 25.1 Å². The minimum absolute atomic E-state index is 0.306. The fourth-order valence-corrected chi connectivity index (χ4v) is 2.97. The Hall–Kier alpha value is -2.67. The van der Waals surface area contributed by atoms with Crippen LogP contribution in [0.25, 0.3) is 21.9 Å². The molecular weight excluding hydrogens is 295 g/mol. The lowest BCUT2D eigenvalue weighted by molar-refractivity contribution is 0.256. The van der Waals surface area contributed by atoms with Crippen LogP contribution in [-0.4, -0.2) is 39.3 Å². The number of nitrogens with zero attached hydrogens (tertiary/aromatic N) is 4. The molecule has 0 atom stereocenters. The summed E-state index contributed by atoms with van der Waals surface area (Å²) in [6.45, 7) is 0.583. The van der Waals surface area contributed by atoms with Gasteiger partial charge in [0.25, 0.3) is 0 Å². The average molecular weight is 312 g/mol. The molecule has 3 aromatic rings. The predicted octanol–water partition coefficient (Wildman–Crippen LogP) is 2.16. The smallest absolute Gasteiger partial charge is 0.143 e. The van der Waals surface area contributed by atoms with Crippen molar-refractivity contribution in [2.45, 2.75) is 0 Å². The molecule has 4 rings (SSSR count). The Bertz CT molecular complexity index is 900. The number of aryl methyl sites for hydroxylation is 1. The zero-order valence-electron chi connectivity index (χ0n) is 12.8. The first-order valence-corrected chi connectivity index (χ1v) is 7.51. The number of fused-ring (bicyclic) bond motifs is 3. The summed E-state index contributed by atoms with van der Waals surface area (Å²) in [6.07, 6.45) is 5.62. The number of rotatable bonds is 4. The molecule has 118 valence electrons. The van der Waals surface area contributed by atoms with Gasteiger partial charge in [0.1, 0.15) is 24.0 Å². The molecule has 0 amide bonds. The number of nitrogens with one attached hydrogen (secondary N) is 2. The quantitative estimate of drug-likeness (QED) is 0.773. The molecule has 0 saturated carbocycles. The van der Waals surface area contributed by atoms with Gasteiger partial charge in [0.15, 0.2) is 0 Å². The summed E-state index contributed by atoms with van der Waals surface area (Å²) in [4.78, 5) is 8.90. The zero-order valence-corrected chi connectivity index (χ0v) is 12.8. The minimum Gasteiger partial charge on any atom is -0.328 e. The lowest BCUT2D eigenvalue weighted by atomic mass is 10.2. The van der Waals surface area contributed by atoms with Crippen LogP contribution in [-0.2, 0) is 7.05 Å². The van der Waals surface area contributed by atoms with E-state index in [-0.39, 0.29) is 0 Å². The molecule has 0 fully saturated rings. The number of alkyl halides is 1. The second kappa shape index (κ2) is 5.51. The molecule has 2 N–H and O–H groups in total. The van der Waals surface area contributed by atoms with E-state index in [4.69, 9.17) is 4.98 Å². The summed E-state index contributed by atoms with van der Waals surface area (Å²) < 4.78 is 14.6. The van der Waals surface area contributed by atoms with E-state index >= 15 is 0 Å². The topological polar surface area (TPSA) is 58.0 Å². The van der Waals surface area contributed by atoms with Gasteiger partial charge in [-0.2, -0.15) is 0 Å². The zero-order chi connectivity index (χ0) is 15.8. The molecule has 0 aromatic carbocycles. The fraction of sp³-hybridized carbons (Fsp3) is 0.250. The van der Waals surface area contributed by atoms with Crippen molar-refractivity contribution < 1.29 is 4.39 Å². The Morgan fingerprint density at radius 2 is 2.22 bits per heavy atom. The number of anilines is 1. The second-order valence-electron chi connectivity index (χ2n) is 5.44. The van der Waals surface area contributed by atoms with Crippen molar-refractivity contribution >= 4 is 27.8 Å². The second-order valence-corrected chi connectivity index (χ2v) is 5.44. The summed E-state index contributed by atoms with van der Waals surface area (Å²) in [5.41, 5.74) is 5.08. The maximum atomic E-state index is 12.6. The van der Waals surface area contributed by atoms with Gasteiger partial charge in [0, 0.05) is 36.8 Å². The normalized spacial score (nSPS) is 14.7. The van der Waals surface area contributed by atoms with Crippen LogP contribution < -0.4 is 10.7 Å². The summed E-state index contributed by atoms with van der Waals surface area (Å²) >= 11 is 0. The van der Waals surface area contributed by atoms with Crippen molar-refractivity contribution in [3.8, 4) is 0 Å². The van der Waals surface area contributed by atoms with E-state index in [9.17, 15) is 4.39 Å². The fourth-order valence-electron chi connectivity index (χ4n) is 2.97. The number of hydrogen-bond donors (Lipinski definition) is 2. The van der Waals surface area contributed by atoms with Gasteiger partial charge in [-0.3, -0.25) is 9.99 Å². The van der Waals surface area contributed by atoms with Gasteiger partial charge in [0.05, 0.1) is 12.1 Å². The third-order valence-corrected chi connectivity index (χ3v) is 4.08. The minimum atomic E-state index is -0.408. The molecule has 0 spiro atoms. The van der Waals surface area contributed by atoms with Crippen molar-refractivity contribution in [1.29, 1.82) is 0 Å². The molecule has 1 aliphatic rings. The molecule has 23 heavy (non-hydrogen) atoms. The van der Waals surface area contributed by atoms with Crippen LogP contribution in [0.3, 0.4) is 0 Å². The van der Waals surface area contributed by atoms with E-state index < -0.39 is 6.67 Å². The summed E-state index contributed by atoms with van der Waals surface area (Å²) in [7, 11) is 1.99. The van der Waals surface area contributed by atoms with Crippen LogP contribution in [0.4, 0.5) is 10.2 Å². The lowest BCUT2D eigenvalue weighted by Gasteiger charge is -2.21. The Kier molecular flexibility index (Phi) is 3.34. The van der Waals surface area contributed by atoms with Gasteiger partial charge < -0.3 is 9.88 Å². The molecule has 0 bridgehead atoms. The Balaban J connectivity index is 1.72. The standard InChI is InChI=1S/C16H17FN6/c1-22-13-4-7-18-10-12(13)11-2-3-14(21-16(11)22)20-15-5-8-19-23(15)9-6-17/h2-5,7,10,19H,6,8-9H2,1H3,(H,20,21). The third kappa shape index (κ3) is 2.29. The molecule has 0 unspecified atom stereocenters. The van der Waals surface area contributed by atoms with E-state index in [0.29, 0.717) is 13.1 Å². The first-order chi connectivity index (χ1) is 11.3. The highest BCUT2D eigenvalue weighted by atomic mass is 19.1. The molecule has 6 nitrogen and oxygen atoms in total. The van der Waals surface area contributed by atoms with Gasteiger partial charge in [-0.05, 0) is 24.3 Å². The average Bonchev–Trinajstić information content (AvgIpc) is 3.12. The largest absolute Gasteiger partial charge is 0.328 e. The van der Waals surface area contributed by atoms with E-state index in [1.165, 1.54) is 0 Å². The third-order valence-electron chi connectivity index (χ3n) is 4.08.